The number of benzene rings is 1. The topological polar surface area (TPSA) is 78.2 Å². The summed E-state index contributed by atoms with van der Waals surface area (Å²) in [4.78, 5) is 6.84. The smallest absolute Gasteiger partial charge is 0.227 e. The number of piperidine rings is 1. The monoisotopic (exact) mass is 489 g/mol. The molecule has 35 heavy (non-hydrogen) atoms. The average molecular weight is 490 g/mol. The standard InChI is InChI=1S/C28H28ClN3O3/c29-23-10-8-22(9-11-23)28(33)12-16-32(17-13-28)15-3-5-20-18-25-21(19-31-34)4-1-7-26(25)35-27-24(20)6-2-14-30-27/h1-2,4-11,14,18-19,21,33-34H,3,12-13,15-17H2. The summed E-state index contributed by atoms with van der Waals surface area (Å²) < 4.78 is 6.14. The van der Waals surface area contributed by atoms with Crippen LogP contribution in [0.3, 0.4) is 0 Å². The normalized spacial score (nSPS) is 22.7. The minimum Gasteiger partial charge on any atom is -0.438 e. The number of pyridine rings is 1. The predicted octanol–water partition coefficient (Wildman–Crippen LogP) is 5.34. The van der Waals surface area contributed by atoms with Gasteiger partial charge in [0.1, 0.15) is 5.76 Å². The number of aromatic nitrogens is 1. The molecule has 0 bridgehead atoms. The lowest BCUT2D eigenvalue weighted by atomic mass is 9.84. The van der Waals surface area contributed by atoms with Gasteiger partial charge in [-0.1, -0.05) is 42.0 Å². The van der Waals surface area contributed by atoms with E-state index >= 15 is 0 Å². The Morgan fingerprint density at radius 1 is 1.20 bits per heavy atom. The van der Waals surface area contributed by atoms with E-state index in [1.165, 1.54) is 6.21 Å². The summed E-state index contributed by atoms with van der Waals surface area (Å²) in [6, 6.07) is 11.4. The predicted molar refractivity (Wildman–Crippen MR) is 138 cm³/mol. The summed E-state index contributed by atoms with van der Waals surface area (Å²) in [5.74, 6) is 1.10. The highest BCUT2D eigenvalue weighted by atomic mass is 35.5. The van der Waals surface area contributed by atoms with Crippen molar-refractivity contribution in [3.63, 3.8) is 0 Å². The third-order valence-corrected chi connectivity index (χ3v) is 7.16. The number of hydrogen-bond donors (Lipinski definition) is 2. The van der Waals surface area contributed by atoms with E-state index in [-0.39, 0.29) is 5.92 Å². The van der Waals surface area contributed by atoms with Gasteiger partial charge in [0.25, 0.3) is 0 Å². The highest BCUT2D eigenvalue weighted by Crippen LogP contribution is 2.38. The molecule has 0 saturated carbocycles. The first-order valence-corrected chi connectivity index (χ1v) is 12.3. The third kappa shape index (κ3) is 5.10. The molecule has 2 aromatic rings. The molecule has 0 radical (unpaired) electrons. The summed E-state index contributed by atoms with van der Waals surface area (Å²) in [6.07, 6.45) is 15.5. The van der Waals surface area contributed by atoms with Gasteiger partial charge in [0, 0.05) is 47.9 Å². The number of ether oxygens (including phenoxy) is 1. The van der Waals surface area contributed by atoms with E-state index in [1.54, 1.807) is 6.20 Å². The number of nitrogens with zero attached hydrogens (tertiary/aromatic N) is 3. The number of likely N-dealkylation sites (tertiary alicyclic amines) is 1. The molecule has 1 saturated heterocycles. The highest BCUT2D eigenvalue weighted by molar-refractivity contribution is 6.30. The molecule has 2 N–H and O–H groups in total. The number of rotatable bonds is 5. The molecule has 2 aliphatic heterocycles. The minimum absolute atomic E-state index is 0.176. The number of fused-ring (bicyclic) bond motifs is 2. The molecule has 5 rings (SSSR count). The fourth-order valence-electron chi connectivity index (χ4n) is 4.90. The van der Waals surface area contributed by atoms with E-state index in [2.05, 4.69) is 27.2 Å². The average Bonchev–Trinajstić information content (AvgIpc) is 3.03. The van der Waals surface area contributed by atoms with Crippen LogP contribution in [-0.2, 0) is 5.60 Å². The summed E-state index contributed by atoms with van der Waals surface area (Å²) in [6.45, 7) is 2.55. The van der Waals surface area contributed by atoms with Crippen molar-refractivity contribution in [2.45, 2.75) is 24.9 Å². The second-order valence-electron chi connectivity index (χ2n) is 9.09. The molecule has 6 nitrogen and oxygen atoms in total. The first-order valence-electron chi connectivity index (χ1n) is 11.9. The van der Waals surface area contributed by atoms with Crippen molar-refractivity contribution >= 4 is 23.4 Å². The van der Waals surface area contributed by atoms with Crippen molar-refractivity contribution in [1.29, 1.82) is 0 Å². The molecule has 7 heteroatoms. The van der Waals surface area contributed by atoms with Gasteiger partial charge in [-0.25, -0.2) is 4.98 Å². The molecule has 0 spiro atoms. The van der Waals surface area contributed by atoms with Gasteiger partial charge in [-0.15, -0.1) is 5.16 Å². The van der Waals surface area contributed by atoms with Crippen LogP contribution in [0.15, 0.2) is 89.5 Å². The van der Waals surface area contributed by atoms with E-state index in [0.717, 1.165) is 48.3 Å². The van der Waals surface area contributed by atoms with Crippen molar-refractivity contribution in [1.82, 2.24) is 9.88 Å². The zero-order valence-corrected chi connectivity index (χ0v) is 20.1. The zero-order chi connectivity index (χ0) is 24.3. The Morgan fingerprint density at radius 2 is 2.00 bits per heavy atom. The van der Waals surface area contributed by atoms with Crippen molar-refractivity contribution in [2.24, 2.45) is 11.1 Å². The second kappa shape index (κ2) is 10.2. The molecule has 1 fully saturated rings. The third-order valence-electron chi connectivity index (χ3n) is 6.91. The summed E-state index contributed by atoms with van der Waals surface area (Å²) >= 11 is 6.01. The summed E-state index contributed by atoms with van der Waals surface area (Å²) in [5, 5.41) is 24.2. The number of allylic oxidation sites excluding steroid dienone is 6. The highest BCUT2D eigenvalue weighted by Gasteiger charge is 2.33. The van der Waals surface area contributed by atoms with Gasteiger partial charge < -0.3 is 20.0 Å². The van der Waals surface area contributed by atoms with Crippen LogP contribution in [0.25, 0.3) is 5.57 Å². The van der Waals surface area contributed by atoms with Crippen molar-refractivity contribution in [3.05, 3.63) is 100 Å². The molecular formula is C28H28ClN3O3. The van der Waals surface area contributed by atoms with Crippen molar-refractivity contribution in [3.8, 4) is 5.88 Å². The number of halogens is 1. The molecule has 1 aromatic heterocycles. The van der Waals surface area contributed by atoms with Crippen LogP contribution in [0.5, 0.6) is 5.88 Å². The molecular weight excluding hydrogens is 462 g/mol. The Labute approximate surface area is 210 Å². The van der Waals surface area contributed by atoms with E-state index in [1.807, 2.05) is 54.6 Å². The van der Waals surface area contributed by atoms with E-state index < -0.39 is 5.60 Å². The quantitative estimate of drug-likeness (QED) is 0.336. The number of hydrogen-bond acceptors (Lipinski definition) is 6. The van der Waals surface area contributed by atoms with Gasteiger partial charge in [-0.05, 0) is 66.8 Å². The molecule has 180 valence electrons. The lowest BCUT2D eigenvalue weighted by Crippen LogP contribution is -2.42. The summed E-state index contributed by atoms with van der Waals surface area (Å²) in [7, 11) is 0. The Kier molecular flexibility index (Phi) is 6.86. The van der Waals surface area contributed by atoms with Gasteiger partial charge in [-0.2, -0.15) is 0 Å². The maximum absolute atomic E-state index is 11.2. The molecule has 3 heterocycles. The maximum Gasteiger partial charge on any atom is 0.227 e. The second-order valence-corrected chi connectivity index (χ2v) is 9.53. The lowest BCUT2D eigenvalue weighted by Gasteiger charge is -2.38. The fraction of sp³-hybridized carbons (Fsp3) is 0.286. The maximum atomic E-state index is 11.2. The van der Waals surface area contributed by atoms with Gasteiger partial charge in [0.15, 0.2) is 0 Å². The first-order chi connectivity index (χ1) is 17.1. The van der Waals surface area contributed by atoms with Crippen LogP contribution in [-0.4, -0.2) is 46.0 Å². The van der Waals surface area contributed by atoms with Gasteiger partial charge in [-0.3, -0.25) is 0 Å². The number of oxime groups is 1. The molecule has 1 unspecified atom stereocenters. The Balaban J connectivity index is 1.30. The van der Waals surface area contributed by atoms with Crippen molar-refractivity contribution in [2.75, 3.05) is 19.6 Å². The van der Waals surface area contributed by atoms with E-state index in [0.29, 0.717) is 29.5 Å². The Morgan fingerprint density at radius 3 is 2.77 bits per heavy atom. The lowest BCUT2D eigenvalue weighted by molar-refractivity contribution is -0.0254. The van der Waals surface area contributed by atoms with E-state index in [9.17, 15) is 5.11 Å². The first kappa shape index (κ1) is 23.5. The van der Waals surface area contributed by atoms with E-state index in [4.69, 9.17) is 21.5 Å². The molecule has 0 amide bonds. The van der Waals surface area contributed by atoms with Gasteiger partial charge in [0.2, 0.25) is 5.88 Å². The van der Waals surface area contributed by atoms with Crippen LogP contribution in [0.4, 0.5) is 0 Å². The van der Waals surface area contributed by atoms with Crippen LogP contribution in [0.1, 0.15) is 30.4 Å². The molecule has 1 aliphatic carbocycles. The van der Waals surface area contributed by atoms with Crippen LogP contribution in [0, 0.1) is 5.92 Å². The zero-order valence-electron chi connectivity index (χ0n) is 19.3. The van der Waals surface area contributed by atoms with Gasteiger partial charge >= 0.3 is 0 Å². The minimum atomic E-state index is -0.798. The fourth-order valence-corrected chi connectivity index (χ4v) is 5.02. The Hall–Kier alpha value is -3.19. The van der Waals surface area contributed by atoms with Crippen LogP contribution >= 0.6 is 11.6 Å². The van der Waals surface area contributed by atoms with Crippen LogP contribution in [0.2, 0.25) is 5.02 Å². The molecule has 1 atom stereocenters. The van der Waals surface area contributed by atoms with Crippen molar-refractivity contribution < 1.29 is 15.1 Å². The Bertz CT molecular complexity index is 1220. The van der Waals surface area contributed by atoms with Crippen LogP contribution < -0.4 is 4.74 Å². The largest absolute Gasteiger partial charge is 0.438 e. The van der Waals surface area contributed by atoms with Gasteiger partial charge in [0.05, 0.1) is 11.8 Å². The summed E-state index contributed by atoms with van der Waals surface area (Å²) in [5.41, 5.74) is 3.04. The number of aliphatic hydroxyl groups is 1. The SMILES string of the molecule is ON=CC1C=CC=C2Oc3ncccc3C(=CCCN3CCC(O)(c4ccc(Cl)cc4)CC3)C=C21. The molecule has 1 aromatic carbocycles. The molecule has 3 aliphatic rings.